The van der Waals surface area contributed by atoms with Gasteiger partial charge < -0.3 is 17.1 Å². The molecule has 0 saturated heterocycles. The summed E-state index contributed by atoms with van der Waals surface area (Å²) in [5.41, 5.74) is 0. The van der Waals surface area contributed by atoms with Crippen molar-refractivity contribution in [3.05, 3.63) is 30.3 Å². The molecule has 1 rings (SSSR count). The quantitative estimate of drug-likeness (QED) is 0.439. The van der Waals surface area contributed by atoms with E-state index >= 15 is 0 Å². The second-order valence-corrected chi connectivity index (χ2v) is 2.08. The van der Waals surface area contributed by atoms with Crippen molar-refractivity contribution < 1.29 is 17.1 Å². The fourth-order valence-electron chi connectivity index (χ4n) is 0.688. The number of benzene rings is 1. The van der Waals surface area contributed by atoms with Crippen molar-refractivity contribution in [1.82, 2.24) is 0 Å². The van der Waals surface area contributed by atoms with E-state index in [0.717, 1.165) is 18.8 Å². The molecule has 1 aromatic carbocycles. The molecule has 0 aliphatic carbocycles. The molecular weight excluding hydrogens is 184 g/mol. The van der Waals surface area contributed by atoms with Gasteiger partial charge in [-0.3, -0.25) is 0 Å². The molecule has 62 valence electrons. The van der Waals surface area contributed by atoms with E-state index in [2.05, 4.69) is 13.0 Å². The maximum atomic E-state index is 5.34. The van der Waals surface area contributed by atoms with Crippen molar-refractivity contribution in [2.45, 2.75) is 13.3 Å². The van der Waals surface area contributed by atoms with Gasteiger partial charge in [0.15, 0.2) is 0 Å². The van der Waals surface area contributed by atoms with E-state index in [0.29, 0.717) is 0 Å². The van der Waals surface area contributed by atoms with Crippen molar-refractivity contribution in [3.63, 3.8) is 0 Å². The van der Waals surface area contributed by atoms with Crippen LogP contribution in [0.4, 0.5) is 0 Å². The fourth-order valence-corrected chi connectivity index (χ4v) is 0.688. The Kier molecular flexibility index (Phi) is 11.1. The molecule has 12 heavy (non-hydrogen) atoms. The van der Waals surface area contributed by atoms with Gasteiger partial charge in [0.25, 0.3) is 0 Å². The van der Waals surface area contributed by atoms with E-state index in [1.54, 1.807) is 0 Å². The summed E-state index contributed by atoms with van der Waals surface area (Å²) in [6.45, 7) is 2.89. The van der Waals surface area contributed by atoms with Crippen LogP contribution in [0.3, 0.4) is 0 Å². The molecule has 0 bridgehead atoms. The van der Waals surface area contributed by atoms with Crippen LogP contribution in [0.1, 0.15) is 13.3 Å². The number of hydrogen-bond donors (Lipinski definition) is 0. The Morgan fingerprint density at radius 3 is 2.42 bits per heavy atom. The Bertz CT molecular complexity index is 179. The minimum absolute atomic E-state index is 0. The molecule has 0 radical (unpaired) electrons. The van der Waals surface area contributed by atoms with Crippen LogP contribution in [0, 0.1) is 6.07 Å². The number of rotatable bonds is 3. The van der Waals surface area contributed by atoms with E-state index < -0.39 is 0 Å². The van der Waals surface area contributed by atoms with Crippen LogP contribution in [0.2, 0.25) is 0 Å². The molecule has 0 aromatic heterocycles. The third-order valence-electron chi connectivity index (χ3n) is 1.16. The van der Waals surface area contributed by atoms with E-state index in [1.165, 1.54) is 0 Å². The van der Waals surface area contributed by atoms with Crippen molar-refractivity contribution >= 4 is 23.1 Å². The van der Waals surface area contributed by atoms with Crippen LogP contribution in [0.15, 0.2) is 24.3 Å². The third-order valence-corrected chi connectivity index (χ3v) is 1.16. The Morgan fingerprint density at radius 2 is 1.92 bits per heavy atom. The molecule has 0 aliphatic rings. The molecule has 0 saturated carbocycles. The van der Waals surface area contributed by atoms with E-state index in [-0.39, 0.29) is 35.5 Å². The molecule has 1 nitrogen and oxygen atoms in total. The van der Waals surface area contributed by atoms with Gasteiger partial charge in [0.05, 0.1) is 6.61 Å². The summed E-state index contributed by atoms with van der Waals surface area (Å²) in [5, 5.41) is 0. The zero-order valence-electron chi connectivity index (χ0n) is 7.22. The van der Waals surface area contributed by atoms with Gasteiger partial charge in [0, 0.05) is 5.75 Å². The SMILES string of the molecule is CCCOc1cc[c-]cc1.[Cl-].[Mg+2]. The van der Waals surface area contributed by atoms with Gasteiger partial charge in [0.1, 0.15) is 0 Å². The number of ether oxygens (including phenoxy) is 1. The molecule has 0 aliphatic heterocycles. The maximum absolute atomic E-state index is 5.34. The van der Waals surface area contributed by atoms with E-state index in [9.17, 15) is 0 Å². The van der Waals surface area contributed by atoms with Crippen LogP contribution < -0.4 is 17.1 Å². The van der Waals surface area contributed by atoms with Gasteiger partial charge in [-0.15, -0.1) is 12.1 Å². The maximum Gasteiger partial charge on any atom is 2.00 e. The van der Waals surface area contributed by atoms with Gasteiger partial charge in [-0.05, 0) is 6.42 Å². The van der Waals surface area contributed by atoms with E-state index in [1.807, 2.05) is 24.3 Å². The minimum atomic E-state index is 0. The first kappa shape index (κ1) is 14.6. The van der Waals surface area contributed by atoms with Crippen molar-refractivity contribution in [2.24, 2.45) is 0 Å². The fraction of sp³-hybridized carbons (Fsp3) is 0.333. The Morgan fingerprint density at radius 1 is 1.33 bits per heavy atom. The summed E-state index contributed by atoms with van der Waals surface area (Å²) in [7, 11) is 0. The van der Waals surface area contributed by atoms with Crippen molar-refractivity contribution in [3.8, 4) is 5.75 Å². The topological polar surface area (TPSA) is 9.23 Å². The van der Waals surface area contributed by atoms with Gasteiger partial charge in [-0.1, -0.05) is 6.92 Å². The van der Waals surface area contributed by atoms with Crippen molar-refractivity contribution in [1.29, 1.82) is 0 Å². The van der Waals surface area contributed by atoms with Crippen molar-refractivity contribution in [2.75, 3.05) is 6.61 Å². The second-order valence-electron chi connectivity index (χ2n) is 2.08. The largest absolute Gasteiger partial charge is 2.00 e. The molecule has 0 atom stereocenters. The summed E-state index contributed by atoms with van der Waals surface area (Å²) in [6.07, 6.45) is 1.05. The predicted molar refractivity (Wildman–Crippen MR) is 46.8 cm³/mol. The third kappa shape index (κ3) is 5.69. The summed E-state index contributed by atoms with van der Waals surface area (Å²) in [5.74, 6) is 0.931. The van der Waals surface area contributed by atoms with Gasteiger partial charge in [-0.2, -0.15) is 18.2 Å². The summed E-state index contributed by atoms with van der Waals surface area (Å²) >= 11 is 0. The van der Waals surface area contributed by atoms with Crippen LogP contribution >= 0.6 is 0 Å². The molecule has 0 N–H and O–H groups in total. The Hall–Kier alpha value is 0.0762. The molecular formula is C9H11ClMgO. The number of hydrogen-bond acceptors (Lipinski definition) is 1. The molecule has 0 amide bonds. The van der Waals surface area contributed by atoms with Crippen LogP contribution in [-0.2, 0) is 0 Å². The van der Waals surface area contributed by atoms with Crippen LogP contribution in [-0.4, -0.2) is 29.7 Å². The molecule has 0 unspecified atom stereocenters. The first-order valence-electron chi connectivity index (χ1n) is 3.52. The zero-order valence-corrected chi connectivity index (χ0v) is 9.39. The molecule has 0 fully saturated rings. The van der Waals surface area contributed by atoms with Crippen LogP contribution in [0.25, 0.3) is 0 Å². The Labute approximate surface area is 96.1 Å². The average Bonchev–Trinajstić information content (AvgIpc) is 2.03. The second kappa shape index (κ2) is 9.17. The van der Waals surface area contributed by atoms with Crippen LogP contribution in [0.5, 0.6) is 5.75 Å². The normalized spacial score (nSPS) is 7.75. The molecule has 1 aromatic rings. The zero-order chi connectivity index (χ0) is 7.23. The first-order chi connectivity index (χ1) is 4.93. The summed E-state index contributed by atoms with van der Waals surface area (Å²) in [4.78, 5) is 0. The molecule has 0 spiro atoms. The average molecular weight is 195 g/mol. The minimum Gasteiger partial charge on any atom is -1.00 e. The molecule has 3 heteroatoms. The summed E-state index contributed by atoms with van der Waals surface area (Å²) in [6, 6.07) is 10.5. The predicted octanol–water partition coefficient (Wildman–Crippen LogP) is -1.10. The Balaban J connectivity index is 0. The smallest absolute Gasteiger partial charge is 1.00 e. The van der Waals surface area contributed by atoms with Gasteiger partial charge in [-0.25, -0.2) is 0 Å². The van der Waals surface area contributed by atoms with Gasteiger partial charge in [0.2, 0.25) is 0 Å². The number of halogens is 1. The van der Waals surface area contributed by atoms with E-state index in [4.69, 9.17) is 4.74 Å². The van der Waals surface area contributed by atoms with Gasteiger partial charge >= 0.3 is 23.1 Å². The first-order valence-corrected chi connectivity index (χ1v) is 3.52. The monoisotopic (exact) mass is 194 g/mol. The summed E-state index contributed by atoms with van der Waals surface area (Å²) < 4.78 is 5.34. The standard InChI is InChI=1S/C9H11O.ClH.Mg/c1-2-8-10-9-6-4-3-5-7-9;;/h4-7H,2,8H2,1H3;1H;/q-1;;+2/p-1. The molecule has 0 heterocycles.